The molecule has 1 heterocycles. The van der Waals surface area contributed by atoms with Crippen LogP contribution in [0.1, 0.15) is 23.2 Å². The van der Waals surface area contributed by atoms with E-state index >= 15 is 0 Å². The number of hydrogen-bond acceptors (Lipinski definition) is 4. The van der Waals surface area contributed by atoms with Crippen molar-refractivity contribution in [1.29, 1.82) is 0 Å². The highest BCUT2D eigenvalue weighted by molar-refractivity contribution is 5.95. The second-order valence-corrected chi connectivity index (χ2v) is 8.20. The quantitative estimate of drug-likeness (QED) is 0.747. The van der Waals surface area contributed by atoms with Crippen LogP contribution in [0.15, 0.2) is 24.3 Å². The number of nitrogens with one attached hydrogen (secondary N) is 1. The van der Waals surface area contributed by atoms with Crippen molar-refractivity contribution in [1.82, 2.24) is 4.90 Å². The molecular weight excluding hydrogens is 356 g/mol. The molecule has 28 heavy (non-hydrogen) atoms. The van der Waals surface area contributed by atoms with Crippen molar-refractivity contribution in [3.05, 3.63) is 29.8 Å². The molecule has 1 saturated heterocycles. The molecule has 0 radical (unpaired) electrons. The highest BCUT2D eigenvalue weighted by Crippen LogP contribution is 2.42. The summed E-state index contributed by atoms with van der Waals surface area (Å²) in [7, 11) is 4.70. The molecule has 6 nitrogen and oxygen atoms in total. The van der Waals surface area contributed by atoms with E-state index in [1.54, 1.807) is 38.4 Å². The van der Waals surface area contributed by atoms with E-state index in [0.717, 1.165) is 43.9 Å². The van der Waals surface area contributed by atoms with Crippen LogP contribution in [-0.2, 0) is 0 Å². The molecule has 0 aromatic heterocycles. The fourth-order valence-electron chi connectivity index (χ4n) is 5.12. The summed E-state index contributed by atoms with van der Waals surface area (Å²) in [6.45, 7) is 4.88. The minimum atomic E-state index is 0.0289. The first-order chi connectivity index (χ1) is 13.6. The van der Waals surface area contributed by atoms with Gasteiger partial charge in [0.25, 0.3) is 5.91 Å². The summed E-state index contributed by atoms with van der Waals surface area (Å²) >= 11 is 0. The molecule has 6 heteroatoms. The fraction of sp³-hybridized carbons (Fsp3) is 0.591. The van der Waals surface area contributed by atoms with Crippen molar-refractivity contribution >= 4 is 5.91 Å². The standard InChI is InChI=1S/C22H30N2O4/c1-26-19-12-17(13-20(27-2)21(19)28-3)22(25)24-8-6-23(7-9-24)14-18-11-15-4-5-16(18)10-15/h4-5,12-13,15-16,18H,6-11,14H2,1-3H3/p+1/t15-,16-,18-/m0/s1. The highest BCUT2D eigenvalue weighted by atomic mass is 16.5. The number of methoxy groups -OCH3 is 3. The van der Waals surface area contributed by atoms with E-state index in [4.69, 9.17) is 14.2 Å². The van der Waals surface area contributed by atoms with Gasteiger partial charge in [-0.15, -0.1) is 0 Å². The first-order valence-corrected chi connectivity index (χ1v) is 10.2. The molecule has 1 saturated carbocycles. The molecule has 1 aromatic rings. The Morgan fingerprint density at radius 3 is 2.21 bits per heavy atom. The van der Waals surface area contributed by atoms with Crippen LogP contribution in [0.25, 0.3) is 0 Å². The number of carbonyl (C=O) groups is 1. The van der Waals surface area contributed by atoms with Crippen LogP contribution in [0.3, 0.4) is 0 Å². The lowest BCUT2D eigenvalue weighted by molar-refractivity contribution is -0.907. The Bertz CT molecular complexity index is 730. The molecule has 2 aliphatic carbocycles. The van der Waals surface area contributed by atoms with Gasteiger partial charge in [-0.1, -0.05) is 12.2 Å². The molecule has 2 bridgehead atoms. The third-order valence-corrected chi connectivity index (χ3v) is 6.64. The van der Waals surface area contributed by atoms with Crippen molar-refractivity contribution in [2.45, 2.75) is 12.8 Å². The van der Waals surface area contributed by atoms with E-state index in [-0.39, 0.29) is 5.91 Å². The molecule has 3 aliphatic rings. The Kier molecular flexibility index (Phi) is 5.49. The third kappa shape index (κ3) is 3.58. The number of nitrogens with zero attached hydrogens (tertiary/aromatic N) is 1. The largest absolute Gasteiger partial charge is 0.493 e. The Morgan fingerprint density at radius 1 is 1.04 bits per heavy atom. The van der Waals surface area contributed by atoms with Crippen molar-refractivity contribution in [3.63, 3.8) is 0 Å². The first-order valence-electron chi connectivity index (χ1n) is 10.2. The topological polar surface area (TPSA) is 52.4 Å². The van der Waals surface area contributed by atoms with Crippen molar-refractivity contribution in [2.24, 2.45) is 17.8 Å². The zero-order valence-corrected chi connectivity index (χ0v) is 17.1. The van der Waals surface area contributed by atoms with Gasteiger partial charge in [0.1, 0.15) is 0 Å². The predicted octanol–water partition coefficient (Wildman–Crippen LogP) is 1.27. The maximum Gasteiger partial charge on any atom is 0.254 e. The molecule has 0 spiro atoms. The molecule has 3 atom stereocenters. The predicted molar refractivity (Wildman–Crippen MR) is 106 cm³/mol. The maximum atomic E-state index is 13.0. The van der Waals surface area contributed by atoms with Crippen molar-refractivity contribution in [3.8, 4) is 17.2 Å². The summed E-state index contributed by atoms with van der Waals surface area (Å²) in [5.41, 5.74) is 0.580. The lowest BCUT2D eigenvalue weighted by Gasteiger charge is -2.34. The van der Waals surface area contributed by atoms with Gasteiger partial charge in [0.2, 0.25) is 5.75 Å². The zero-order chi connectivity index (χ0) is 19.7. The third-order valence-electron chi connectivity index (χ3n) is 6.64. The second-order valence-electron chi connectivity index (χ2n) is 8.20. The van der Waals surface area contributed by atoms with E-state index in [2.05, 4.69) is 12.2 Å². The van der Waals surface area contributed by atoms with Gasteiger partial charge in [0, 0.05) is 11.5 Å². The Hall–Kier alpha value is -2.21. The van der Waals surface area contributed by atoms with E-state index in [0.29, 0.717) is 22.8 Å². The average Bonchev–Trinajstić information content (AvgIpc) is 3.36. The summed E-state index contributed by atoms with van der Waals surface area (Å²) < 4.78 is 16.1. The molecule has 152 valence electrons. The number of allylic oxidation sites excluding steroid dienone is 2. The number of hydrogen-bond donors (Lipinski definition) is 1. The van der Waals surface area contributed by atoms with Gasteiger partial charge in [-0.05, 0) is 36.8 Å². The van der Waals surface area contributed by atoms with Crippen LogP contribution in [0.5, 0.6) is 17.2 Å². The second kappa shape index (κ2) is 8.03. The number of fused-ring (bicyclic) bond motifs is 2. The van der Waals surface area contributed by atoms with Gasteiger partial charge >= 0.3 is 0 Å². The molecule has 1 aliphatic heterocycles. The van der Waals surface area contributed by atoms with Crippen LogP contribution in [0.4, 0.5) is 0 Å². The number of ether oxygens (including phenoxy) is 3. The number of piperazine rings is 1. The average molecular weight is 388 g/mol. The fourth-order valence-corrected chi connectivity index (χ4v) is 5.12. The van der Waals surface area contributed by atoms with E-state index < -0.39 is 0 Å². The summed E-state index contributed by atoms with van der Waals surface area (Å²) in [5, 5.41) is 0. The SMILES string of the molecule is COc1cc(C(=O)N2CC[NH+](C[C@@H]3C[C@H]4C=C[C@H]3C4)CC2)cc(OC)c1OC. The number of rotatable bonds is 6. The number of quaternary nitrogens is 1. The summed E-state index contributed by atoms with van der Waals surface area (Å²) in [6.07, 6.45) is 7.56. The Balaban J connectivity index is 1.38. The van der Waals surface area contributed by atoms with Gasteiger partial charge in [-0.2, -0.15) is 0 Å². The van der Waals surface area contributed by atoms with E-state index in [9.17, 15) is 4.79 Å². The van der Waals surface area contributed by atoms with Crippen LogP contribution in [-0.4, -0.2) is 64.9 Å². The summed E-state index contributed by atoms with van der Waals surface area (Å²) in [5.74, 6) is 4.03. The number of amides is 1. The van der Waals surface area contributed by atoms with Gasteiger partial charge in [-0.3, -0.25) is 4.79 Å². The molecule has 1 N–H and O–H groups in total. The maximum absolute atomic E-state index is 13.0. The van der Waals surface area contributed by atoms with Crippen LogP contribution < -0.4 is 19.1 Å². The normalized spacial score (nSPS) is 26.5. The monoisotopic (exact) mass is 387 g/mol. The smallest absolute Gasteiger partial charge is 0.254 e. The lowest BCUT2D eigenvalue weighted by Crippen LogP contribution is -3.15. The van der Waals surface area contributed by atoms with Crippen LogP contribution in [0.2, 0.25) is 0 Å². The van der Waals surface area contributed by atoms with Crippen LogP contribution in [0, 0.1) is 17.8 Å². The molecule has 1 aromatic carbocycles. The Morgan fingerprint density at radius 2 is 1.71 bits per heavy atom. The molecular formula is C22H31N2O4+. The minimum Gasteiger partial charge on any atom is -0.493 e. The minimum absolute atomic E-state index is 0.0289. The van der Waals surface area contributed by atoms with E-state index in [1.807, 2.05) is 4.90 Å². The Labute approximate surface area is 167 Å². The lowest BCUT2D eigenvalue weighted by atomic mass is 9.93. The van der Waals surface area contributed by atoms with Crippen LogP contribution >= 0.6 is 0 Å². The summed E-state index contributed by atoms with van der Waals surface area (Å²) in [6, 6.07) is 3.48. The first kappa shape index (κ1) is 19.1. The van der Waals surface area contributed by atoms with Crippen molar-refractivity contribution in [2.75, 3.05) is 54.1 Å². The van der Waals surface area contributed by atoms with Gasteiger partial charge < -0.3 is 24.0 Å². The van der Waals surface area contributed by atoms with E-state index in [1.165, 1.54) is 19.4 Å². The molecule has 2 fully saturated rings. The zero-order valence-electron chi connectivity index (χ0n) is 17.1. The molecule has 0 unspecified atom stereocenters. The van der Waals surface area contributed by atoms with Gasteiger partial charge in [0.05, 0.1) is 54.1 Å². The van der Waals surface area contributed by atoms with Gasteiger partial charge in [0.15, 0.2) is 11.5 Å². The molecule has 4 rings (SSSR count). The molecule has 1 amide bonds. The van der Waals surface area contributed by atoms with Crippen molar-refractivity contribution < 1.29 is 23.9 Å². The number of benzene rings is 1. The van der Waals surface area contributed by atoms with Gasteiger partial charge in [-0.25, -0.2) is 0 Å². The highest BCUT2D eigenvalue weighted by Gasteiger charge is 2.38. The summed E-state index contributed by atoms with van der Waals surface area (Å²) in [4.78, 5) is 16.6. The number of carbonyl (C=O) groups excluding carboxylic acids is 1.